The van der Waals surface area contributed by atoms with E-state index in [-0.39, 0.29) is 22.8 Å². The fourth-order valence-electron chi connectivity index (χ4n) is 1.89. The number of rotatable bonds is 2. The molecule has 9 heteroatoms. The number of hydrogen-bond acceptors (Lipinski definition) is 5. The summed E-state index contributed by atoms with van der Waals surface area (Å²) in [6, 6.07) is 5.95. The highest BCUT2D eigenvalue weighted by molar-refractivity contribution is 8.12. The molecule has 1 aromatic carbocycles. The first kappa shape index (κ1) is 15.5. The Morgan fingerprint density at radius 3 is 2.20 bits per heavy atom. The topological polar surface area (TPSA) is 97.7 Å². The average Bonchev–Trinajstić information content (AvgIpc) is 2.25. The Morgan fingerprint density at radius 2 is 1.65 bits per heavy atom. The van der Waals surface area contributed by atoms with Crippen molar-refractivity contribution in [2.24, 2.45) is 3.77 Å². The summed E-state index contributed by atoms with van der Waals surface area (Å²) in [5.74, 6) is -0.0680. The summed E-state index contributed by atoms with van der Waals surface area (Å²) < 4.78 is 62.9. The lowest BCUT2D eigenvalue weighted by atomic mass is 10.2. The molecule has 1 aromatic rings. The molecule has 1 fully saturated rings. The van der Waals surface area contributed by atoms with E-state index in [1.165, 1.54) is 12.1 Å². The molecule has 0 amide bonds. The van der Waals surface area contributed by atoms with Gasteiger partial charge in [0, 0.05) is 5.75 Å². The summed E-state index contributed by atoms with van der Waals surface area (Å²) in [4.78, 5) is -0.0752. The molecule has 1 saturated heterocycles. The van der Waals surface area contributed by atoms with Crippen molar-refractivity contribution in [3.05, 3.63) is 29.8 Å². The molecule has 112 valence electrons. The van der Waals surface area contributed by atoms with E-state index in [9.17, 15) is 21.0 Å². The average molecular weight is 337 g/mol. The molecular weight excluding hydrogens is 322 g/mol. The van der Waals surface area contributed by atoms with Crippen molar-refractivity contribution in [1.29, 1.82) is 0 Å². The number of benzene rings is 1. The number of aryl methyl sites for hydroxylation is 1. The van der Waals surface area contributed by atoms with Crippen LogP contribution in [-0.2, 0) is 29.6 Å². The summed E-state index contributed by atoms with van der Waals surface area (Å²) >= 11 is 0. The third kappa shape index (κ3) is 3.58. The van der Waals surface area contributed by atoms with Crippen LogP contribution in [0.15, 0.2) is 32.9 Å². The van der Waals surface area contributed by atoms with Gasteiger partial charge in [-0.05, 0) is 25.5 Å². The van der Waals surface area contributed by atoms with Crippen LogP contribution in [0, 0.1) is 6.92 Å². The highest BCUT2D eigenvalue weighted by Gasteiger charge is 2.29. The highest BCUT2D eigenvalue weighted by Crippen LogP contribution is 2.19. The molecule has 1 atom stereocenters. The predicted octanol–water partition coefficient (Wildman–Crippen LogP) is 0.928. The molecule has 0 radical (unpaired) electrons. The van der Waals surface area contributed by atoms with E-state index < -0.39 is 34.7 Å². The monoisotopic (exact) mass is 337 g/mol. The summed E-state index contributed by atoms with van der Waals surface area (Å²) in [5, 5.41) is -0.676. The van der Waals surface area contributed by atoms with Gasteiger partial charge in [0.25, 0.3) is 10.0 Å². The van der Waals surface area contributed by atoms with Gasteiger partial charge in [-0.15, -0.1) is 3.77 Å². The number of sulfone groups is 1. The molecule has 0 aliphatic carbocycles. The maximum Gasteiger partial charge on any atom is 0.290 e. The lowest BCUT2D eigenvalue weighted by Crippen LogP contribution is -2.29. The van der Waals surface area contributed by atoms with Gasteiger partial charge < -0.3 is 0 Å². The van der Waals surface area contributed by atoms with Crippen LogP contribution in [0.1, 0.15) is 12.0 Å². The Bertz CT molecular complexity index is 829. The Kier molecular flexibility index (Phi) is 3.96. The molecule has 2 rings (SSSR count). The first-order valence-corrected chi connectivity index (χ1v) is 11.0. The fraction of sp³-hybridized carbons (Fsp3) is 0.455. The number of hydrogen-bond donors (Lipinski definition) is 0. The maximum atomic E-state index is 12.4. The van der Waals surface area contributed by atoms with E-state index in [1.807, 2.05) is 6.92 Å². The van der Waals surface area contributed by atoms with Crippen LogP contribution in [0.2, 0.25) is 0 Å². The normalized spacial score (nSPS) is 26.1. The van der Waals surface area contributed by atoms with Crippen molar-refractivity contribution < 1.29 is 21.0 Å². The van der Waals surface area contributed by atoms with Crippen LogP contribution in [-0.4, -0.2) is 37.6 Å². The van der Waals surface area contributed by atoms with E-state index >= 15 is 0 Å². The SMILES string of the molecule is Cc1ccc(S(=O)(=O)N=[S@@]2(=O)CCCS(=O)(=O)C2)cc1. The molecular formula is C11H15NO5S3. The zero-order valence-corrected chi connectivity index (χ0v) is 13.3. The van der Waals surface area contributed by atoms with Crippen molar-refractivity contribution >= 4 is 29.6 Å². The van der Waals surface area contributed by atoms with Crippen LogP contribution in [0.5, 0.6) is 0 Å². The van der Waals surface area contributed by atoms with E-state index in [1.54, 1.807) is 12.1 Å². The zero-order chi connectivity index (χ0) is 15.0. The van der Waals surface area contributed by atoms with Crippen LogP contribution in [0.3, 0.4) is 0 Å². The van der Waals surface area contributed by atoms with E-state index in [4.69, 9.17) is 0 Å². The first-order valence-electron chi connectivity index (χ1n) is 5.88. The van der Waals surface area contributed by atoms with Gasteiger partial charge in [0.2, 0.25) is 0 Å². The highest BCUT2D eigenvalue weighted by atomic mass is 32.3. The standard InChI is InChI=1S/C11H15NO5S3/c1-10-3-5-11(6-4-10)20(16,17)12-18(13)7-2-8-19(14,15)9-18/h3-6H,2,7-9H2,1H3/t18-/m1/s1. The maximum absolute atomic E-state index is 12.4. The lowest BCUT2D eigenvalue weighted by Gasteiger charge is -2.15. The summed E-state index contributed by atoms with van der Waals surface area (Å²) in [5.41, 5.74) is 0.883. The summed E-state index contributed by atoms with van der Waals surface area (Å²) in [6.07, 6.45) is 0.175. The van der Waals surface area contributed by atoms with Crippen LogP contribution in [0.25, 0.3) is 0 Å². The van der Waals surface area contributed by atoms with Gasteiger partial charge in [-0.25, -0.2) is 12.6 Å². The van der Waals surface area contributed by atoms with E-state index in [0.29, 0.717) is 0 Å². The quantitative estimate of drug-likeness (QED) is 0.799. The Labute approximate surface area is 119 Å². The van der Waals surface area contributed by atoms with E-state index in [0.717, 1.165) is 5.56 Å². The largest absolute Gasteiger partial charge is 0.290 e. The van der Waals surface area contributed by atoms with Crippen molar-refractivity contribution in [2.75, 3.05) is 16.6 Å². The molecule has 0 N–H and O–H groups in total. The van der Waals surface area contributed by atoms with Gasteiger partial charge >= 0.3 is 0 Å². The summed E-state index contributed by atoms with van der Waals surface area (Å²) in [7, 11) is -10.9. The molecule has 1 aliphatic heterocycles. The van der Waals surface area contributed by atoms with Gasteiger partial charge in [0.05, 0.1) is 20.4 Å². The second kappa shape index (κ2) is 5.12. The third-order valence-electron chi connectivity index (χ3n) is 2.84. The van der Waals surface area contributed by atoms with Crippen molar-refractivity contribution in [3.8, 4) is 0 Å². The first-order chi connectivity index (χ1) is 9.12. The Balaban J connectivity index is 2.48. The lowest BCUT2D eigenvalue weighted by molar-refractivity contribution is 0.595. The number of nitrogens with zero attached hydrogens (tertiary/aromatic N) is 1. The van der Waals surface area contributed by atoms with Gasteiger partial charge in [-0.1, -0.05) is 17.7 Å². The Hall–Kier alpha value is -0.930. The molecule has 20 heavy (non-hydrogen) atoms. The minimum Gasteiger partial charge on any atom is -0.248 e. The predicted molar refractivity (Wildman–Crippen MR) is 77.1 cm³/mol. The second-order valence-electron chi connectivity index (χ2n) is 4.76. The van der Waals surface area contributed by atoms with Crippen molar-refractivity contribution in [1.82, 2.24) is 0 Å². The molecule has 0 aromatic heterocycles. The molecule has 1 aliphatic rings. The van der Waals surface area contributed by atoms with Crippen LogP contribution in [0.4, 0.5) is 0 Å². The third-order valence-corrected chi connectivity index (χ3v) is 10.3. The molecule has 1 heterocycles. The van der Waals surface area contributed by atoms with Crippen LogP contribution >= 0.6 is 0 Å². The molecule has 6 nitrogen and oxygen atoms in total. The minimum absolute atomic E-state index is 0.00266. The molecule has 0 unspecified atom stereocenters. The fourth-order valence-corrected chi connectivity index (χ4v) is 9.56. The minimum atomic E-state index is -4.10. The Morgan fingerprint density at radius 1 is 1.05 bits per heavy atom. The smallest absolute Gasteiger partial charge is 0.248 e. The molecule has 0 bridgehead atoms. The number of sulfonamides is 1. The second-order valence-corrected chi connectivity index (χ2v) is 11.6. The summed E-state index contributed by atoms with van der Waals surface area (Å²) in [6.45, 7) is 1.81. The van der Waals surface area contributed by atoms with Gasteiger partial charge in [0.15, 0.2) is 9.84 Å². The van der Waals surface area contributed by atoms with Crippen molar-refractivity contribution in [2.45, 2.75) is 18.2 Å². The molecule has 0 spiro atoms. The van der Waals surface area contributed by atoms with Gasteiger partial charge in [0.1, 0.15) is 5.08 Å². The van der Waals surface area contributed by atoms with Crippen molar-refractivity contribution in [3.63, 3.8) is 0 Å². The van der Waals surface area contributed by atoms with E-state index in [2.05, 4.69) is 3.77 Å². The zero-order valence-electron chi connectivity index (χ0n) is 10.9. The van der Waals surface area contributed by atoms with Gasteiger partial charge in [-0.2, -0.15) is 8.42 Å². The molecule has 0 saturated carbocycles. The van der Waals surface area contributed by atoms with Gasteiger partial charge in [-0.3, -0.25) is 0 Å². The van der Waals surface area contributed by atoms with Crippen LogP contribution < -0.4 is 0 Å².